The molecule has 3 aliphatic carbocycles. The van der Waals surface area contributed by atoms with Crippen LogP contribution in [0.25, 0.3) is 0 Å². The number of rotatable bonds is 1. The minimum Gasteiger partial charge on any atom is -0.0839 e. The van der Waals surface area contributed by atoms with E-state index < -0.39 is 0 Å². The van der Waals surface area contributed by atoms with Gasteiger partial charge in [0.15, 0.2) is 0 Å². The van der Waals surface area contributed by atoms with Gasteiger partial charge in [0.05, 0.1) is 0 Å². The molecule has 0 N–H and O–H groups in total. The summed E-state index contributed by atoms with van der Waals surface area (Å²) in [5.74, 6) is 3.07. The van der Waals surface area contributed by atoms with Crippen LogP contribution >= 0.6 is 0 Å². The van der Waals surface area contributed by atoms with Crippen molar-refractivity contribution in [3.8, 4) is 0 Å². The lowest BCUT2D eigenvalue weighted by Gasteiger charge is -2.17. The van der Waals surface area contributed by atoms with Crippen molar-refractivity contribution >= 4 is 0 Å². The normalized spacial score (nSPS) is 37.3. The molecule has 2 atom stereocenters. The van der Waals surface area contributed by atoms with E-state index in [2.05, 4.69) is 18.2 Å². The largest absolute Gasteiger partial charge is 0.0839 e. The highest BCUT2D eigenvalue weighted by Crippen LogP contribution is 2.47. The van der Waals surface area contributed by atoms with E-state index in [1.165, 1.54) is 44.9 Å². The average molecular weight is 188 g/mol. The molecule has 0 aromatic rings. The molecule has 76 valence electrons. The molecule has 0 amide bonds. The molecule has 2 unspecified atom stereocenters. The Kier molecular flexibility index (Phi) is 2.23. The van der Waals surface area contributed by atoms with Crippen molar-refractivity contribution in [2.75, 3.05) is 0 Å². The summed E-state index contributed by atoms with van der Waals surface area (Å²) in [6.07, 6.45) is 17.3. The fraction of sp³-hybridized carbons (Fsp3) is 0.714. The van der Waals surface area contributed by atoms with Crippen molar-refractivity contribution in [1.82, 2.24) is 0 Å². The van der Waals surface area contributed by atoms with Crippen molar-refractivity contribution in [2.24, 2.45) is 17.8 Å². The standard InChI is InChI=1S/C14H20/c1-2-6-11(5-1)14-9-12-7-3-4-8-13(12)10-14/h3-4,7,11,13-14H,1-2,5-6,8-10H2. The van der Waals surface area contributed by atoms with Crippen LogP contribution in [0, 0.1) is 17.8 Å². The summed E-state index contributed by atoms with van der Waals surface area (Å²) in [4.78, 5) is 0. The maximum Gasteiger partial charge on any atom is -0.0162 e. The maximum absolute atomic E-state index is 2.39. The first-order chi connectivity index (χ1) is 6.93. The average Bonchev–Trinajstić information content (AvgIpc) is 2.86. The molecule has 0 nitrogen and oxygen atoms in total. The van der Waals surface area contributed by atoms with E-state index in [-0.39, 0.29) is 0 Å². The highest BCUT2D eigenvalue weighted by Gasteiger charge is 2.34. The first-order valence-electron chi connectivity index (χ1n) is 6.29. The van der Waals surface area contributed by atoms with E-state index in [4.69, 9.17) is 0 Å². The molecule has 0 bridgehead atoms. The second-order valence-corrected chi connectivity index (χ2v) is 5.35. The predicted molar refractivity (Wildman–Crippen MR) is 60.0 cm³/mol. The highest BCUT2D eigenvalue weighted by atomic mass is 14.4. The number of fused-ring (bicyclic) bond motifs is 1. The maximum atomic E-state index is 2.39. The van der Waals surface area contributed by atoms with Gasteiger partial charge in [-0.3, -0.25) is 0 Å². The van der Waals surface area contributed by atoms with Crippen LogP contribution in [-0.4, -0.2) is 0 Å². The van der Waals surface area contributed by atoms with Crippen LogP contribution in [-0.2, 0) is 0 Å². The molecule has 2 fully saturated rings. The van der Waals surface area contributed by atoms with Gasteiger partial charge in [-0.25, -0.2) is 0 Å². The van der Waals surface area contributed by atoms with E-state index in [0.29, 0.717) is 0 Å². The van der Waals surface area contributed by atoms with Crippen LogP contribution in [0.5, 0.6) is 0 Å². The lowest BCUT2D eigenvalue weighted by Crippen LogP contribution is -2.07. The lowest BCUT2D eigenvalue weighted by molar-refractivity contribution is 0.336. The van der Waals surface area contributed by atoms with Gasteiger partial charge < -0.3 is 0 Å². The molecule has 0 heterocycles. The quantitative estimate of drug-likeness (QED) is 0.581. The Bertz CT molecular complexity index is 266. The van der Waals surface area contributed by atoms with Gasteiger partial charge in [0.25, 0.3) is 0 Å². The molecular formula is C14H20. The Hall–Kier alpha value is -0.520. The fourth-order valence-corrected chi connectivity index (χ4v) is 3.74. The topological polar surface area (TPSA) is 0 Å². The van der Waals surface area contributed by atoms with Gasteiger partial charge in [0.1, 0.15) is 0 Å². The van der Waals surface area contributed by atoms with Gasteiger partial charge in [0, 0.05) is 0 Å². The Labute approximate surface area is 87.1 Å². The molecule has 3 rings (SSSR count). The second kappa shape index (κ2) is 3.56. The SMILES string of the molecule is C1=CCC2CC(C3CCCC3)CC2=C1. The summed E-state index contributed by atoms with van der Waals surface area (Å²) in [7, 11) is 0. The summed E-state index contributed by atoms with van der Waals surface area (Å²) < 4.78 is 0. The second-order valence-electron chi connectivity index (χ2n) is 5.35. The number of allylic oxidation sites excluding steroid dienone is 4. The Morgan fingerprint density at radius 2 is 1.93 bits per heavy atom. The Morgan fingerprint density at radius 1 is 1.07 bits per heavy atom. The van der Waals surface area contributed by atoms with Crippen LogP contribution in [0.1, 0.15) is 44.9 Å². The van der Waals surface area contributed by atoms with E-state index in [9.17, 15) is 0 Å². The highest BCUT2D eigenvalue weighted by molar-refractivity contribution is 5.24. The van der Waals surface area contributed by atoms with Crippen LogP contribution in [0.2, 0.25) is 0 Å². The van der Waals surface area contributed by atoms with Gasteiger partial charge in [-0.15, -0.1) is 0 Å². The molecule has 14 heavy (non-hydrogen) atoms. The van der Waals surface area contributed by atoms with Crippen molar-refractivity contribution < 1.29 is 0 Å². The molecular weight excluding hydrogens is 168 g/mol. The lowest BCUT2D eigenvalue weighted by atomic mass is 9.88. The summed E-state index contributed by atoms with van der Waals surface area (Å²) in [6.45, 7) is 0. The number of hydrogen-bond donors (Lipinski definition) is 0. The van der Waals surface area contributed by atoms with Crippen molar-refractivity contribution in [2.45, 2.75) is 44.9 Å². The summed E-state index contributed by atoms with van der Waals surface area (Å²) in [6, 6.07) is 0. The van der Waals surface area contributed by atoms with Crippen molar-refractivity contribution in [3.63, 3.8) is 0 Å². The Balaban J connectivity index is 1.69. The molecule has 2 saturated carbocycles. The Morgan fingerprint density at radius 3 is 2.71 bits per heavy atom. The molecule has 3 aliphatic rings. The minimum absolute atomic E-state index is 0.936. The van der Waals surface area contributed by atoms with E-state index in [1.54, 1.807) is 5.57 Å². The molecule has 0 heteroatoms. The third kappa shape index (κ3) is 1.45. The van der Waals surface area contributed by atoms with Gasteiger partial charge in [-0.1, -0.05) is 49.5 Å². The summed E-state index contributed by atoms with van der Waals surface area (Å²) in [5, 5.41) is 0. The molecule has 0 aliphatic heterocycles. The van der Waals surface area contributed by atoms with Crippen molar-refractivity contribution in [1.29, 1.82) is 0 Å². The van der Waals surface area contributed by atoms with Crippen molar-refractivity contribution in [3.05, 3.63) is 23.8 Å². The molecule has 0 radical (unpaired) electrons. The zero-order valence-electron chi connectivity index (χ0n) is 8.91. The molecule has 0 aromatic heterocycles. The smallest absolute Gasteiger partial charge is 0.0162 e. The van der Waals surface area contributed by atoms with Gasteiger partial charge >= 0.3 is 0 Å². The number of hydrogen-bond acceptors (Lipinski definition) is 0. The first-order valence-corrected chi connectivity index (χ1v) is 6.29. The van der Waals surface area contributed by atoms with E-state index in [1.807, 2.05) is 0 Å². The van der Waals surface area contributed by atoms with Gasteiger partial charge in [-0.05, 0) is 37.0 Å². The van der Waals surface area contributed by atoms with Gasteiger partial charge in [0.2, 0.25) is 0 Å². The molecule has 0 spiro atoms. The van der Waals surface area contributed by atoms with E-state index in [0.717, 1.165) is 17.8 Å². The summed E-state index contributed by atoms with van der Waals surface area (Å²) in [5.41, 5.74) is 1.77. The third-order valence-corrected chi connectivity index (χ3v) is 4.54. The van der Waals surface area contributed by atoms with E-state index >= 15 is 0 Å². The van der Waals surface area contributed by atoms with Crippen LogP contribution in [0.4, 0.5) is 0 Å². The fourth-order valence-electron chi connectivity index (χ4n) is 3.74. The third-order valence-electron chi connectivity index (χ3n) is 4.54. The zero-order valence-corrected chi connectivity index (χ0v) is 8.91. The minimum atomic E-state index is 0.936. The van der Waals surface area contributed by atoms with Crippen LogP contribution in [0.3, 0.4) is 0 Å². The molecule has 0 aromatic carbocycles. The monoisotopic (exact) mass is 188 g/mol. The van der Waals surface area contributed by atoms with Crippen LogP contribution < -0.4 is 0 Å². The molecule has 0 saturated heterocycles. The first kappa shape index (κ1) is 8.76. The summed E-state index contributed by atoms with van der Waals surface area (Å²) >= 11 is 0. The van der Waals surface area contributed by atoms with Crippen LogP contribution in [0.15, 0.2) is 23.8 Å². The van der Waals surface area contributed by atoms with Gasteiger partial charge in [-0.2, -0.15) is 0 Å². The zero-order chi connectivity index (χ0) is 9.38. The predicted octanol–water partition coefficient (Wildman–Crippen LogP) is 4.09.